The number of anilines is 1. The highest BCUT2D eigenvalue weighted by Crippen LogP contribution is 2.26. The van der Waals surface area contributed by atoms with Gasteiger partial charge in [0.15, 0.2) is 0 Å². The third-order valence-corrected chi connectivity index (χ3v) is 4.43. The summed E-state index contributed by atoms with van der Waals surface area (Å²) in [6, 6.07) is 9.24. The Balaban J connectivity index is 1.90. The Bertz CT molecular complexity index is 839. The molecule has 0 radical (unpaired) electrons. The highest BCUT2D eigenvalue weighted by molar-refractivity contribution is 5.83. The Kier molecular flexibility index (Phi) is 4.07. The van der Waals surface area contributed by atoms with Crippen LogP contribution >= 0.6 is 0 Å². The molecule has 1 aromatic carbocycles. The number of pyridine rings is 1. The highest BCUT2D eigenvalue weighted by Gasteiger charge is 2.24. The van der Waals surface area contributed by atoms with E-state index in [9.17, 15) is 9.59 Å². The number of carbonyl (C=O) groups is 1. The SMILES string of the molecule is C#CCn1c(=O)ccc2cc(N3CCC(C(=O)O)CC3)ccc21. The minimum atomic E-state index is -0.707. The van der Waals surface area contributed by atoms with Crippen molar-refractivity contribution in [3.63, 3.8) is 0 Å². The number of rotatable bonds is 3. The van der Waals surface area contributed by atoms with E-state index in [4.69, 9.17) is 11.5 Å². The molecule has 2 heterocycles. The molecule has 1 aromatic heterocycles. The van der Waals surface area contributed by atoms with Crippen molar-refractivity contribution in [3.8, 4) is 12.3 Å². The normalized spacial score (nSPS) is 15.5. The molecule has 0 saturated carbocycles. The molecule has 1 saturated heterocycles. The Morgan fingerprint density at radius 1 is 1.26 bits per heavy atom. The molecule has 0 unspecified atom stereocenters. The highest BCUT2D eigenvalue weighted by atomic mass is 16.4. The zero-order chi connectivity index (χ0) is 16.4. The summed E-state index contributed by atoms with van der Waals surface area (Å²) >= 11 is 0. The monoisotopic (exact) mass is 310 g/mol. The van der Waals surface area contributed by atoms with E-state index in [1.165, 1.54) is 6.07 Å². The molecule has 23 heavy (non-hydrogen) atoms. The number of hydrogen-bond acceptors (Lipinski definition) is 3. The fourth-order valence-electron chi connectivity index (χ4n) is 3.13. The fraction of sp³-hybridized carbons (Fsp3) is 0.333. The first kappa shape index (κ1) is 15.2. The number of aromatic nitrogens is 1. The van der Waals surface area contributed by atoms with Crippen LogP contribution in [0.5, 0.6) is 0 Å². The molecule has 0 amide bonds. The molecule has 2 aromatic rings. The van der Waals surface area contributed by atoms with Crippen LogP contribution in [-0.4, -0.2) is 28.7 Å². The van der Waals surface area contributed by atoms with Crippen LogP contribution in [0.4, 0.5) is 5.69 Å². The molecule has 0 atom stereocenters. The predicted molar refractivity (Wildman–Crippen MR) is 89.6 cm³/mol. The van der Waals surface area contributed by atoms with Crippen molar-refractivity contribution >= 4 is 22.6 Å². The maximum absolute atomic E-state index is 11.9. The largest absolute Gasteiger partial charge is 0.481 e. The van der Waals surface area contributed by atoms with Gasteiger partial charge in [-0.05, 0) is 37.1 Å². The lowest BCUT2D eigenvalue weighted by Gasteiger charge is -2.32. The lowest BCUT2D eigenvalue weighted by atomic mass is 9.96. The van der Waals surface area contributed by atoms with E-state index in [0.29, 0.717) is 12.8 Å². The number of carboxylic acids is 1. The molecule has 5 nitrogen and oxygen atoms in total. The summed E-state index contributed by atoms with van der Waals surface area (Å²) < 4.78 is 1.58. The van der Waals surface area contributed by atoms with E-state index in [1.54, 1.807) is 10.6 Å². The summed E-state index contributed by atoms with van der Waals surface area (Å²) in [6.07, 6.45) is 6.65. The van der Waals surface area contributed by atoms with Gasteiger partial charge in [-0.3, -0.25) is 14.2 Å². The topological polar surface area (TPSA) is 62.5 Å². The second-order valence-electron chi connectivity index (χ2n) is 5.80. The number of carboxylic acid groups (broad SMARTS) is 1. The maximum Gasteiger partial charge on any atom is 0.306 e. The average molecular weight is 310 g/mol. The van der Waals surface area contributed by atoms with Gasteiger partial charge in [0.25, 0.3) is 5.56 Å². The van der Waals surface area contributed by atoms with Crippen LogP contribution in [0.1, 0.15) is 12.8 Å². The molecule has 118 valence electrons. The Morgan fingerprint density at radius 2 is 2.00 bits per heavy atom. The zero-order valence-corrected chi connectivity index (χ0v) is 12.7. The van der Waals surface area contributed by atoms with Gasteiger partial charge >= 0.3 is 5.97 Å². The molecule has 1 fully saturated rings. The second kappa shape index (κ2) is 6.17. The quantitative estimate of drug-likeness (QED) is 0.880. The van der Waals surface area contributed by atoms with Gasteiger partial charge in [0.2, 0.25) is 0 Å². The standard InChI is InChI=1S/C18H18N2O3/c1-2-9-20-16-5-4-15(12-14(16)3-6-17(20)21)19-10-7-13(8-11-19)18(22)23/h1,3-6,12-13H,7-11H2,(H,22,23). The number of fused-ring (bicyclic) bond motifs is 1. The van der Waals surface area contributed by atoms with Crippen molar-refractivity contribution in [2.45, 2.75) is 19.4 Å². The minimum absolute atomic E-state index is 0.106. The summed E-state index contributed by atoms with van der Waals surface area (Å²) in [5.74, 6) is 1.56. The smallest absolute Gasteiger partial charge is 0.306 e. The number of benzene rings is 1. The van der Waals surface area contributed by atoms with Crippen LogP contribution in [0.3, 0.4) is 0 Å². The number of aliphatic carboxylic acids is 1. The van der Waals surface area contributed by atoms with Gasteiger partial charge in [-0.2, -0.15) is 0 Å². The van der Waals surface area contributed by atoms with Crippen molar-refractivity contribution < 1.29 is 9.90 Å². The van der Waals surface area contributed by atoms with Crippen LogP contribution in [-0.2, 0) is 11.3 Å². The Morgan fingerprint density at radius 3 is 2.65 bits per heavy atom. The van der Waals surface area contributed by atoms with E-state index in [0.717, 1.165) is 29.7 Å². The van der Waals surface area contributed by atoms with Crippen LogP contribution in [0.2, 0.25) is 0 Å². The average Bonchev–Trinajstić information content (AvgIpc) is 2.57. The molecule has 3 rings (SSSR count). The van der Waals surface area contributed by atoms with Gasteiger partial charge in [0, 0.05) is 30.2 Å². The first-order valence-electron chi connectivity index (χ1n) is 7.65. The number of nitrogens with zero attached hydrogens (tertiary/aromatic N) is 2. The van der Waals surface area contributed by atoms with Gasteiger partial charge in [0.1, 0.15) is 0 Å². The van der Waals surface area contributed by atoms with Crippen molar-refractivity contribution in [1.82, 2.24) is 4.57 Å². The fourth-order valence-corrected chi connectivity index (χ4v) is 3.13. The summed E-state index contributed by atoms with van der Waals surface area (Å²) in [4.78, 5) is 25.1. The zero-order valence-electron chi connectivity index (χ0n) is 12.7. The first-order chi connectivity index (χ1) is 11.1. The van der Waals surface area contributed by atoms with Gasteiger partial charge in [-0.25, -0.2) is 0 Å². The van der Waals surface area contributed by atoms with Crippen LogP contribution < -0.4 is 10.5 Å². The summed E-state index contributed by atoms with van der Waals surface area (Å²) in [5.41, 5.74) is 1.76. The molecular weight excluding hydrogens is 292 g/mol. The summed E-state index contributed by atoms with van der Waals surface area (Å²) in [7, 11) is 0. The predicted octanol–water partition coefficient (Wildman–Crippen LogP) is 1.94. The Labute approximate surface area is 134 Å². The molecule has 0 aliphatic carbocycles. The van der Waals surface area contributed by atoms with Gasteiger partial charge in [-0.1, -0.05) is 5.92 Å². The van der Waals surface area contributed by atoms with Gasteiger partial charge in [-0.15, -0.1) is 6.42 Å². The second-order valence-corrected chi connectivity index (χ2v) is 5.80. The van der Waals surface area contributed by atoms with E-state index >= 15 is 0 Å². The van der Waals surface area contributed by atoms with Crippen LogP contribution in [0.25, 0.3) is 10.9 Å². The van der Waals surface area contributed by atoms with E-state index in [2.05, 4.69) is 10.8 Å². The van der Waals surface area contributed by atoms with Crippen molar-refractivity contribution in [2.75, 3.05) is 18.0 Å². The summed E-state index contributed by atoms with van der Waals surface area (Å²) in [6.45, 7) is 1.71. The maximum atomic E-state index is 11.9. The van der Waals surface area contributed by atoms with Crippen molar-refractivity contribution in [3.05, 3.63) is 40.7 Å². The Hall–Kier alpha value is -2.74. The van der Waals surface area contributed by atoms with Crippen molar-refractivity contribution in [1.29, 1.82) is 0 Å². The van der Waals surface area contributed by atoms with E-state index in [1.807, 2.05) is 18.2 Å². The van der Waals surface area contributed by atoms with Gasteiger partial charge < -0.3 is 10.0 Å². The third kappa shape index (κ3) is 2.93. The lowest BCUT2D eigenvalue weighted by Crippen LogP contribution is -2.36. The van der Waals surface area contributed by atoms with Crippen molar-refractivity contribution in [2.24, 2.45) is 5.92 Å². The minimum Gasteiger partial charge on any atom is -0.481 e. The molecule has 1 N–H and O–H groups in total. The van der Waals surface area contributed by atoms with Crippen LogP contribution in [0.15, 0.2) is 35.1 Å². The molecule has 1 aliphatic rings. The first-order valence-corrected chi connectivity index (χ1v) is 7.65. The van der Waals surface area contributed by atoms with E-state index in [-0.39, 0.29) is 18.0 Å². The summed E-state index contributed by atoms with van der Waals surface area (Å²) in [5, 5.41) is 10.0. The number of piperidine rings is 1. The van der Waals surface area contributed by atoms with Crippen LogP contribution in [0, 0.1) is 18.3 Å². The molecule has 5 heteroatoms. The molecular formula is C18H18N2O3. The number of hydrogen-bond donors (Lipinski definition) is 1. The molecule has 1 aliphatic heterocycles. The molecule has 0 bridgehead atoms. The molecule has 0 spiro atoms. The van der Waals surface area contributed by atoms with E-state index < -0.39 is 5.97 Å². The lowest BCUT2D eigenvalue weighted by molar-refractivity contribution is -0.142. The third-order valence-electron chi connectivity index (χ3n) is 4.43. The van der Waals surface area contributed by atoms with Gasteiger partial charge in [0.05, 0.1) is 18.0 Å². The number of terminal acetylenes is 1.